The third-order valence-corrected chi connectivity index (χ3v) is 3.35. The number of rotatable bonds is 12. The van der Waals surface area contributed by atoms with Gasteiger partial charge in [0.15, 0.2) is 6.61 Å². The van der Waals surface area contributed by atoms with E-state index < -0.39 is 66.9 Å². The Labute approximate surface area is 161 Å². The van der Waals surface area contributed by atoms with E-state index in [0.29, 0.717) is 6.08 Å². The van der Waals surface area contributed by atoms with Crippen LogP contribution in [0.25, 0.3) is 0 Å². The summed E-state index contributed by atoms with van der Waals surface area (Å²) in [6, 6.07) is 0. The van der Waals surface area contributed by atoms with Crippen LogP contribution in [0.15, 0.2) is 24.8 Å². The molecule has 0 unspecified atom stereocenters. The van der Waals surface area contributed by atoms with Crippen molar-refractivity contribution in [2.24, 2.45) is 0 Å². The Kier molecular flexibility index (Phi) is 8.11. The van der Waals surface area contributed by atoms with Gasteiger partial charge in [-0.2, -0.15) is 52.7 Å². The van der Waals surface area contributed by atoms with Crippen molar-refractivity contribution in [3.63, 3.8) is 0 Å². The predicted molar refractivity (Wildman–Crippen MR) is 76.5 cm³/mol. The second-order valence-electron chi connectivity index (χ2n) is 5.87. The van der Waals surface area contributed by atoms with Crippen molar-refractivity contribution in [3.05, 3.63) is 24.8 Å². The van der Waals surface area contributed by atoms with Crippen LogP contribution < -0.4 is 0 Å². The Balaban J connectivity index is 6.05. The zero-order valence-electron chi connectivity index (χ0n) is 14.9. The molecular formula is C15H14F12O3. The molecule has 0 amide bonds. The highest BCUT2D eigenvalue weighted by Crippen LogP contribution is 2.60. The van der Waals surface area contributed by atoms with E-state index >= 15 is 0 Å². The minimum Gasteiger partial charge on any atom is -0.456 e. The van der Waals surface area contributed by atoms with Crippen molar-refractivity contribution in [2.45, 2.75) is 42.5 Å². The molecule has 30 heavy (non-hydrogen) atoms. The molecule has 176 valence electrons. The number of hydrogen-bond acceptors (Lipinski definition) is 3. The van der Waals surface area contributed by atoms with Crippen LogP contribution in [0, 0.1) is 0 Å². The third kappa shape index (κ3) is 4.70. The van der Waals surface area contributed by atoms with Gasteiger partial charge in [0.1, 0.15) is 6.61 Å². The molecule has 0 bridgehead atoms. The molecule has 0 spiro atoms. The van der Waals surface area contributed by atoms with Gasteiger partial charge in [-0.15, -0.1) is 6.58 Å². The van der Waals surface area contributed by atoms with Crippen molar-refractivity contribution >= 4 is 5.97 Å². The molecule has 0 aromatic heterocycles. The molecule has 0 aromatic carbocycles. The van der Waals surface area contributed by atoms with Crippen molar-refractivity contribution in [3.8, 4) is 0 Å². The maximum atomic E-state index is 13.6. The lowest BCUT2D eigenvalue weighted by Gasteiger charge is -2.41. The lowest BCUT2D eigenvalue weighted by atomic mass is 9.91. The van der Waals surface area contributed by atoms with Gasteiger partial charge in [0.25, 0.3) is 0 Å². The molecule has 0 rings (SSSR count). The fourth-order valence-electron chi connectivity index (χ4n) is 1.58. The van der Waals surface area contributed by atoms with Crippen molar-refractivity contribution < 1.29 is 67.0 Å². The SMILES string of the molecule is C=CCOCC(F)(F)C(F)(F)C(F)(F)C(F)(F)C(F)(F)C(F)(F)COC(=O)C(=C)C. The van der Waals surface area contributed by atoms with Gasteiger partial charge < -0.3 is 9.47 Å². The summed E-state index contributed by atoms with van der Waals surface area (Å²) >= 11 is 0. The first-order valence-corrected chi connectivity index (χ1v) is 7.42. The molecule has 0 aromatic rings. The highest BCUT2D eigenvalue weighted by molar-refractivity contribution is 5.86. The van der Waals surface area contributed by atoms with Gasteiger partial charge in [-0.3, -0.25) is 0 Å². The summed E-state index contributed by atoms with van der Waals surface area (Å²) in [5, 5.41) is 0. The summed E-state index contributed by atoms with van der Waals surface area (Å²) in [6.07, 6.45) is 0.669. The molecule has 0 fully saturated rings. The Morgan fingerprint density at radius 3 is 1.47 bits per heavy atom. The van der Waals surface area contributed by atoms with E-state index in [2.05, 4.69) is 22.6 Å². The number of carbonyl (C=O) groups is 1. The average molecular weight is 470 g/mol. The highest BCUT2D eigenvalue weighted by atomic mass is 19.4. The number of esters is 1. The zero-order chi connectivity index (χ0) is 24.4. The summed E-state index contributed by atoms with van der Waals surface area (Å²) in [5.41, 5.74) is -0.697. The van der Waals surface area contributed by atoms with Crippen molar-refractivity contribution in [1.29, 1.82) is 0 Å². The molecule has 0 atom stereocenters. The number of alkyl halides is 12. The van der Waals surface area contributed by atoms with Gasteiger partial charge in [-0.1, -0.05) is 12.7 Å². The molecule has 0 heterocycles. The van der Waals surface area contributed by atoms with Gasteiger partial charge in [-0.25, -0.2) is 4.79 Å². The number of hydrogen-bond donors (Lipinski definition) is 0. The maximum absolute atomic E-state index is 13.6. The van der Waals surface area contributed by atoms with Gasteiger partial charge >= 0.3 is 41.5 Å². The van der Waals surface area contributed by atoms with E-state index in [1.807, 2.05) is 0 Å². The second-order valence-corrected chi connectivity index (χ2v) is 5.87. The van der Waals surface area contributed by atoms with Crippen LogP contribution >= 0.6 is 0 Å². The summed E-state index contributed by atoms with van der Waals surface area (Å²) < 4.78 is 169. The first-order valence-electron chi connectivity index (χ1n) is 7.42. The largest absolute Gasteiger partial charge is 0.456 e. The van der Waals surface area contributed by atoms with Gasteiger partial charge in [0, 0.05) is 5.57 Å². The van der Waals surface area contributed by atoms with E-state index in [1.165, 1.54) is 0 Å². The van der Waals surface area contributed by atoms with E-state index in [9.17, 15) is 57.5 Å². The Morgan fingerprint density at radius 2 is 1.13 bits per heavy atom. The maximum Gasteiger partial charge on any atom is 0.384 e. The minimum atomic E-state index is -7.75. The summed E-state index contributed by atoms with van der Waals surface area (Å²) in [7, 11) is 0. The molecule has 0 saturated carbocycles. The third-order valence-electron chi connectivity index (χ3n) is 3.35. The number of ether oxygens (including phenoxy) is 2. The smallest absolute Gasteiger partial charge is 0.384 e. The lowest BCUT2D eigenvalue weighted by Crippen LogP contribution is -2.71. The second kappa shape index (κ2) is 8.67. The van der Waals surface area contributed by atoms with Crippen molar-refractivity contribution in [2.75, 3.05) is 19.8 Å². The minimum absolute atomic E-state index is 0.669. The number of halogens is 12. The fraction of sp³-hybridized carbons (Fsp3) is 0.667. The molecule has 0 aliphatic carbocycles. The van der Waals surface area contributed by atoms with Crippen LogP contribution in [-0.2, 0) is 14.3 Å². The van der Waals surface area contributed by atoms with Gasteiger partial charge in [0.2, 0.25) is 0 Å². The zero-order valence-corrected chi connectivity index (χ0v) is 14.9. The van der Waals surface area contributed by atoms with E-state index in [4.69, 9.17) is 0 Å². The van der Waals surface area contributed by atoms with Crippen LogP contribution in [0.4, 0.5) is 52.7 Å². The highest BCUT2D eigenvalue weighted by Gasteiger charge is 2.90. The Morgan fingerprint density at radius 1 is 0.767 bits per heavy atom. The van der Waals surface area contributed by atoms with Crippen LogP contribution in [0.5, 0.6) is 0 Å². The molecule has 15 heteroatoms. The predicted octanol–water partition coefficient (Wildman–Crippen LogP) is 5.12. The van der Waals surface area contributed by atoms with Gasteiger partial charge in [0.05, 0.1) is 6.61 Å². The van der Waals surface area contributed by atoms with Gasteiger partial charge in [-0.05, 0) is 6.92 Å². The first kappa shape index (κ1) is 28.1. The topological polar surface area (TPSA) is 35.5 Å². The summed E-state index contributed by atoms with van der Waals surface area (Å²) in [6.45, 7) is -0.0704. The summed E-state index contributed by atoms with van der Waals surface area (Å²) in [5.74, 6) is -44.5. The van der Waals surface area contributed by atoms with Crippen LogP contribution in [-0.4, -0.2) is 61.3 Å². The van der Waals surface area contributed by atoms with Crippen molar-refractivity contribution in [1.82, 2.24) is 0 Å². The molecule has 0 radical (unpaired) electrons. The molecule has 0 aliphatic rings. The molecule has 0 saturated heterocycles. The average Bonchev–Trinajstić information content (AvgIpc) is 2.58. The monoisotopic (exact) mass is 470 g/mol. The molecule has 0 aliphatic heterocycles. The van der Waals surface area contributed by atoms with Crippen LogP contribution in [0.1, 0.15) is 6.92 Å². The summed E-state index contributed by atoms with van der Waals surface area (Å²) in [4.78, 5) is 10.9. The molecule has 3 nitrogen and oxygen atoms in total. The van der Waals surface area contributed by atoms with E-state index in [-0.39, 0.29) is 0 Å². The normalized spacial score (nSPS) is 14.4. The quantitative estimate of drug-likeness (QED) is 0.131. The Bertz CT molecular complexity index is 657. The lowest BCUT2D eigenvalue weighted by molar-refractivity contribution is -0.428. The van der Waals surface area contributed by atoms with E-state index in [1.54, 1.807) is 0 Å². The van der Waals surface area contributed by atoms with E-state index in [0.717, 1.165) is 6.92 Å². The Hall–Kier alpha value is -1.93. The standard InChI is InChI=1S/C15H14F12O3/c1-4-5-29-6-10(16,17)12(20,21)14(24,25)15(26,27)13(22,23)11(18,19)7-30-9(28)8(2)3/h4H,1-2,5-7H2,3H3. The fourth-order valence-corrected chi connectivity index (χ4v) is 1.58. The molecule has 0 N–H and O–H groups in total. The van der Waals surface area contributed by atoms with Crippen LogP contribution in [0.2, 0.25) is 0 Å². The molecular weight excluding hydrogens is 456 g/mol. The number of carbonyl (C=O) groups excluding carboxylic acids is 1. The first-order chi connectivity index (χ1) is 13.1. The van der Waals surface area contributed by atoms with Crippen LogP contribution in [0.3, 0.4) is 0 Å².